The highest BCUT2D eigenvalue weighted by Gasteiger charge is 2.38. The maximum absolute atomic E-state index is 13.5. The van der Waals surface area contributed by atoms with Crippen molar-refractivity contribution in [2.45, 2.75) is 11.8 Å². The number of hydrogen-bond donors (Lipinski definition) is 0. The summed E-state index contributed by atoms with van der Waals surface area (Å²) in [6, 6.07) is 27.4. The number of sulfonamides is 1. The molecule has 6 nitrogen and oxygen atoms in total. The van der Waals surface area contributed by atoms with Gasteiger partial charge in [0.15, 0.2) is 5.76 Å². The predicted octanol–water partition coefficient (Wildman–Crippen LogP) is 5.43. The van der Waals surface area contributed by atoms with Crippen LogP contribution in [0.15, 0.2) is 102 Å². The summed E-state index contributed by atoms with van der Waals surface area (Å²) < 4.78 is 39.5. The Morgan fingerprint density at radius 3 is 2.25 bits per heavy atom. The number of likely N-dealkylation sites (N-methyl/N-ethyl adjacent to an activating group) is 1. The summed E-state index contributed by atoms with van der Waals surface area (Å²) in [6.45, 7) is 2.26. The van der Waals surface area contributed by atoms with Gasteiger partial charge in [0.05, 0.1) is 4.90 Å². The fourth-order valence-corrected chi connectivity index (χ4v) is 5.60. The molecule has 0 N–H and O–H groups in total. The molecule has 0 saturated carbocycles. The van der Waals surface area contributed by atoms with E-state index in [4.69, 9.17) is 9.47 Å². The van der Waals surface area contributed by atoms with E-state index in [1.54, 1.807) is 30.3 Å². The molecule has 4 aromatic carbocycles. The molecular weight excluding hydrogens is 474 g/mol. The fourth-order valence-electron chi connectivity index (χ4n) is 4.21. The number of carbonyl (C=O) groups excluding carboxylic acids is 1. The molecular formula is C29H25NO5S. The molecule has 0 amide bonds. The summed E-state index contributed by atoms with van der Waals surface area (Å²) in [5.74, 6) is 0.489. The molecule has 0 spiro atoms. The Balaban J connectivity index is 1.45. The van der Waals surface area contributed by atoms with Gasteiger partial charge in [-0.25, -0.2) is 8.42 Å². The van der Waals surface area contributed by atoms with Crippen LogP contribution in [0, 0.1) is 6.92 Å². The van der Waals surface area contributed by atoms with Crippen LogP contribution < -0.4 is 4.74 Å². The van der Waals surface area contributed by atoms with Gasteiger partial charge in [-0.15, -0.1) is 0 Å². The molecule has 4 aromatic rings. The molecule has 7 heteroatoms. The first-order chi connectivity index (χ1) is 17.4. The molecule has 5 rings (SSSR count). The SMILES string of the molecule is Cc1ccc(C(=O)C2=C(OCCOc3ccc4ccccc4c3)c3ccccc3S(=O)(=O)N2C)cc1. The molecule has 1 aliphatic heterocycles. The lowest BCUT2D eigenvalue weighted by Crippen LogP contribution is -2.35. The molecule has 0 unspecified atom stereocenters. The minimum absolute atomic E-state index is 0.0248. The van der Waals surface area contributed by atoms with Crippen LogP contribution in [-0.4, -0.2) is 38.8 Å². The summed E-state index contributed by atoms with van der Waals surface area (Å²) in [6.07, 6.45) is 0. The number of nitrogens with zero attached hydrogens (tertiary/aromatic N) is 1. The normalized spacial score (nSPS) is 14.4. The van der Waals surface area contributed by atoms with Crippen LogP contribution in [0.3, 0.4) is 0 Å². The third-order valence-corrected chi connectivity index (χ3v) is 7.96. The Bertz CT molecular complexity index is 1590. The Hall–Kier alpha value is -4.10. The van der Waals surface area contributed by atoms with Crippen molar-refractivity contribution in [3.63, 3.8) is 0 Å². The van der Waals surface area contributed by atoms with Crippen LogP contribution in [0.4, 0.5) is 0 Å². The van der Waals surface area contributed by atoms with Crippen molar-refractivity contribution in [3.8, 4) is 5.75 Å². The molecule has 0 aliphatic carbocycles. The summed E-state index contributed by atoms with van der Waals surface area (Å²) in [5.41, 5.74) is 1.71. The Kier molecular flexibility index (Phi) is 6.24. The van der Waals surface area contributed by atoms with E-state index < -0.39 is 15.8 Å². The topological polar surface area (TPSA) is 72.9 Å². The lowest BCUT2D eigenvalue weighted by atomic mass is 10.0. The lowest BCUT2D eigenvalue weighted by molar-refractivity contribution is 0.100. The molecule has 36 heavy (non-hydrogen) atoms. The Morgan fingerprint density at radius 1 is 0.806 bits per heavy atom. The zero-order valence-electron chi connectivity index (χ0n) is 20.0. The highest BCUT2D eigenvalue weighted by molar-refractivity contribution is 7.89. The first kappa shape index (κ1) is 23.6. The van der Waals surface area contributed by atoms with Crippen molar-refractivity contribution in [3.05, 3.63) is 113 Å². The van der Waals surface area contributed by atoms with Gasteiger partial charge in [-0.2, -0.15) is 0 Å². The molecule has 0 fully saturated rings. The van der Waals surface area contributed by atoms with Crippen LogP contribution in [-0.2, 0) is 14.8 Å². The fraction of sp³-hybridized carbons (Fsp3) is 0.138. The number of aryl methyl sites for hydroxylation is 1. The van der Waals surface area contributed by atoms with Gasteiger partial charge in [0.25, 0.3) is 10.0 Å². The van der Waals surface area contributed by atoms with Crippen molar-refractivity contribution in [1.29, 1.82) is 0 Å². The summed E-state index contributed by atoms with van der Waals surface area (Å²) in [5, 5.41) is 2.19. The van der Waals surface area contributed by atoms with Crippen molar-refractivity contribution >= 4 is 32.3 Å². The van der Waals surface area contributed by atoms with E-state index >= 15 is 0 Å². The number of hydrogen-bond acceptors (Lipinski definition) is 5. The number of carbonyl (C=O) groups is 1. The van der Waals surface area contributed by atoms with Crippen LogP contribution in [0.25, 0.3) is 16.5 Å². The first-order valence-corrected chi connectivity index (χ1v) is 13.0. The zero-order chi connectivity index (χ0) is 25.3. The van der Waals surface area contributed by atoms with E-state index in [2.05, 4.69) is 0 Å². The van der Waals surface area contributed by atoms with E-state index in [9.17, 15) is 13.2 Å². The second-order valence-electron chi connectivity index (χ2n) is 8.55. The van der Waals surface area contributed by atoms with Crippen molar-refractivity contribution in [2.24, 2.45) is 0 Å². The molecule has 0 aromatic heterocycles. The van der Waals surface area contributed by atoms with Gasteiger partial charge in [-0.05, 0) is 42.0 Å². The number of Topliss-reactive ketones (excluding diaryl/α,β-unsaturated/α-hetero) is 1. The second-order valence-corrected chi connectivity index (χ2v) is 10.5. The van der Waals surface area contributed by atoms with E-state index in [0.29, 0.717) is 16.9 Å². The predicted molar refractivity (Wildman–Crippen MR) is 139 cm³/mol. The minimum atomic E-state index is -3.92. The third kappa shape index (κ3) is 4.33. The number of ether oxygens (including phenoxy) is 2. The minimum Gasteiger partial charge on any atom is -0.490 e. The first-order valence-electron chi connectivity index (χ1n) is 11.5. The summed E-state index contributed by atoms with van der Waals surface area (Å²) in [4.78, 5) is 13.6. The average Bonchev–Trinajstić information content (AvgIpc) is 2.89. The molecule has 0 bridgehead atoms. The van der Waals surface area contributed by atoms with E-state index in [1.165, 1.54) is 13.1 Å². The molecule has 0 radical (unpaired) electrons. The van der Waals surface area contributed by atoms with Gasteiger partial charge in [-0.3, -0.25) is 9.10 Å². The van der Waals surface area contributed by atoms with E-state index in [1.807, 2.05) is 61.5 Å². The van der Waals surface area contributed by atoms with Gasteiger partial charge < -0.3 is 9.47 Å². The van der Waals surface area contributed by atoms with Crippen molar-refractivity contribution in [1.82, 2.24) is 4.31 Å². The number of benzene rings is 4. The standard InChI is InChI=1S/C29H25NO5S/c1-20-11-13-22(14-12-20)28(31)27-29(25-9-5-6-10-26(25)36(32,33)30(27)2)35-18-17-34-24-16-15-21-7-3-4-8-23(21)19-24/h3-16,19H,17-18H2,1-2H3. The van der Waals surface area contributed by atoms with Crippen molar-refractivity contribution < 1.29 is 22.7 Å². The number of allylic oxidation sites excluding steroid dienone is 1. The maximum atomic E-state index is 13.5. The highest BCUT2D eigenvalue weighted by atomic mass is 32.2. The van der Waals surface area contributed by atoms with E-state index in [0.717, 1.165) is 20.6 Å². The van der Waals surface area contributed by atoms with Gasteiger partial charge in [-0.1, -0.05) is 72.3 Å². The number of fused-ring (bicyclic) bond motifs is 2. The van der Waals surface area contributed by atoms with E-state index in [-0.39, 0.29) is 29.6 Å². The molecule has 1 heterocycles. The van der Waals surface area contributed by atoms with Crippen LogP contribution in [0.5, 0.6) is 5.75 Å². The molecule has 1 aliphatic rings. The Labute approximate surface area is 210 Å². The lowest BCUT2D eigenvalue weighted by Gasteiger charge is -2.30. The zero-order valence-corrected chi connectivity index (χ0v) is 20.8. The highest BCUT2D eigenvalue weighted by Crippen LogP contribution is 2.37. The average molecular weight is 500 g/mol. The monoisotopic (exact) mass is 499 g/mol. The largest absolute Gasteiger partial charge is 0.490 e. The smallest absolute Gasteiger partial charge is 0.265 e. The quantitative estimate of drug-likeness (QED) is 0.250. The second kappa shape index (κ2) is 9.51. The number of rotatable bonds is 7. The van der Waals surface area contributed by atoms with Crippen LogP contribution in [0.1, 0.15) is 21.5 Å². The van der Waals surface area contributed by atoms with Crippen LogP contribution >= 0.6 is 0 Å². The molecule has 182 valence electrons. The van der Waals surface area contributed by atoms with Gasteiger partial charge in [0.1, 0.15) is 24.7 Å². The van der Waals surface area contributed by atoms with Gasteiger partial charge in [0, 0.05) is 18.2 Å². The molecule has 0 saturated heterocycles. The summed E-state index contributed by atoms with van der Waals surface area (Å²) >= 11 is 0. The summed E-state index contributed by atoms with van der Waals surface area (Å²) in [7, 11) is -2.54. The maximum Gasteiger partial charge on any atom is 0.265 e. The van der Waals surface area contributed by atoms with Crippen LogP contribution in [0.2, 0.25) is 0 Å². The van der Waals surface area contributed by atoms with Gasteiger partial charge in [0.2, 0.25) is 5.78 Å². The molecule has 0 atom stereocenters. The van der Waals surface area contributed by atoms with Gasteiger partial charge >= 0.3 is 0 Å². The van der Waals surface area contributed by atoms with Crippen molar-refractivity contribution in [2.75, 3.05) is 20.3 Å². The Morgan fingerprint density at radius 2 is 1.47 bits per heavy atom. The third-order valence-electron chi connectivity index (χ3n) is 6.15. The number of ketones is 1.